The minimum absolute atomic E-state index is 0. The molecular formula is C18H22ClN3O3. The summed E-state index contributed by atoms with van der Waals surface area (Å²) >= 11 is 0. The van der Waals surface area contributed by atoms with Crippen molar-refractivity contribution < 1.29 is 14.3 Å². The van der Waals surface area contributed by atoms with Crippen LogP contribution in [0.5, 0.6) is 17.4 Å². The van der Waals surface area contributed by atoms with Gasteiger partial charge in [-0.1, -0.05) is 0 Å². The number of nitrogens with one attached hydrogen (secondary N) is 2. The molecule has 0 bridgehead atoms. The lowest BCUT2D eigenvalue weighted by molar-refractivity contribution is -0.120. The zero-order chi connectivity index (χ0) is 16.8. The first kappa shape index (κ1) is 19.0. The molecule has 2 N–H and O–H groups in total. The highest BCUT2D eigenvalue weighted by atomic mass is 35.5. The second-order valence-electron chi connectivity index (χ2n) is 5.68. The van der Waals surface area contributed by atoms with Crippen molar-refractivity contribution in [3.63, 3.8) is 0 Å². The van der Waals surface area contributed by atoms with E-state index in [-0.39, 0.29) is 24.2 Å². The van der Waals surface area contributed by atoms with Crippen molar-refractivity contribution in [2.75, 3.05) is 25.5 Å². The number of nitrogens with zero attached hydrogens (tertiary/aromatic N) is 1. The van der Waals surface area contributed by atoms with Crippen LogP contribution in [0.25, 0.3) is 0 Å². The maximum atomic E-state index is 12.2. The van der Waals surface area contributed by atoms with Crippen molar-refractivity contribution in [1.29, 1.82) is 0 Å². The Kier molecular flexibility index (Phi) is 7.03. The minimum atomic E-state index is 0. The number of anilines is 1. The molecule has 0 radical (unpaired) electrons. The van der Waals surface area contributed by atoms with Crippen LogP contribution >= 0.6 is 12.4 Å². The van der Waals surface area contributed by atoms with Gasteiger partial charge in [0.1, 0.15) is 11.5 Å². The van der Waals surface area contributed by atoms with Crippen LogP contribution in [0.1, 0.15) is 12.8 Å². The predicted molar refractivity (Wildman–Crippen MR) is 98.8 cm³/mol. The molecule has 3 rings (SSSR count). The number of benzene rings is 1. The van der Waals surface area contributed by atoms with E-state index in [1.54, 1.807) is 25.4 Å². The molecule has 0 unspecified atom stereocenters. The van der Waals surface area contributed by atoms with Crippen molar-refractivity contribution in [3.05, 3.63) is 42.6 Å². The molecule has 1 amide bonds. The quantitative estimate of drug-likeness (QED) is 0.853. The zero-order valence-electron chi connectivity index (χ0n) is 14.0. The molecule has 0 atom stereocenters. The van der Waals surface area contributed by atoms with Crippen LogP contribution in [-0.4, -0.2) is 31.1 Å². The van der Waals surface area contributed by atoms with Gasteiger partial charge in [0.2, 0.25) is 11.8 Å². The Morgan fingerprint density at radius 3 is 2.40 bits per heavy atom. The van der Waals surface area contributed by atoms with Gasteiger partial charge in [-0.15, -0.1) is 12.4 Å². The van der Waals surface area contributed by atoms with Gasteiger partial charge in [0.25, 0.3) is 0 Å². The Labute approximate surface area is 153 Å². The number of pyridine rings is 1. The number of hydrogen-bond acceptors (Lipinski definition) is 5. The maximum Gasteiger partial charge on any atom is 0.227 e. The summed E-state index contributed by atoms with van der Waals surface area (Å²) in [5, 5.41) is 6.17. The van der Waals surface area contributed by atoms with Gasteiger partial charge < -0.3 is 20.1 Å². The summed E-state index contributed by atoms with van der Waals surface area (Å²) < 4.78 is 10.8. The third kappa shape index (κ3) is 5.34. The van der Waals surface area contributed by atoms with Crippen molar-refractivity contribution in [2.24, 2.45) is 5.92 Å². The summed E-state index contributed by atoms with van der Waals surface area (Å²) in [6, 6.07) is 10.8. The van der Waals surface area contributed by atoms with Crippen molar-refractivity contribution in [3.8, 4) is 17.4 Å². The normalized spacial score (nSPS) is 14.3. The smallest absolute Gasteiger partial charge is 0.227 e. The standard InChI is InChI=1S/C18H21N3O3.ClH/c1-23-15-3-5-16(6-4-15)24-17-7-2-14(12-20-17)21-18(22)13-8-10-19-11-9-13;/h2-7,12-13,19H,8-11H2,1H3,(H,21,22);1H. The van der Waals surface area contributed by atoms with Gasteiger partial charge in [-0.3, -0.25) is 4.79 Å². The summed E-state index contributed by atoms with van der Waals surface area (Å²) in [5.41, 5.74) is 0.681. The van der Waals surface area contributed by atoms with Crippen LogP contribution in [0.2, 0.25) is 0 Å². The molecule has 1 aliphatic rings. The molecular weight excluding hydrogens is 342 g/mol. The molecule has 1 aliphatic heterocycles. The Morgan fingerprint density at radius 1 is 1.12 bits per heavy atom. The molecule has 25 heavy (non-hydrogen) atoms. The molecule has 134 valence electrons. The van der Waals surface area contributed by atoms with Crippen LogP contribution in [0, 0.1) is 5.92 Å². The number of rotatable bonds is 5. The van der Waals surface area contributed by atoms with E-state index < -0.39 is 0 Å². The number of ether oxygens (including phenoxy) is 2. The molecule has 1 aromatic carbocycles. The highest BCUT2D eigenvalue weighted by Gasteiger charge is 2.20. The van der Waals surface area contributed by atoms with Crippen LogP contribution < -0.4 is 20.1 Å². The van der Waals surface area contributed by atoms with Gasteiger partial charge in [-0.05, 0) is 56.3 Å². The third-order valence-corrected chi connectivity index (χ3v) is 4.00. The number of carbonyl (C=O) groups excluding carboxylic acids is 1. The molecule has 0 aliphatic carbocycles. The van der Waals surface area contributed by atoms with E-state index in [0.29, 0.717) is 17.3 Å². The number of piperidine rings is 1. The number of halogens is 1. The van der Waals surface area contributed by atoms with E-state index in [1.807, 2.05) is 24.3 Å². The largest absolute Gasteiger partial charge is 0.497 e. The average molecular weight is 364 g/mol. The fourth-order valence-electron chi connectivity index (χ4n) is 2.61. The Morgan fingerprint density at radius 2 is 1.80 bits per heavy atom. The van der Waals surface area contributed by atoms with E-state index in [1.165, 1.54) is 0 Å². The molecule has 2 aromatic rings. The zero-order valence-corrected chi connectivity index (χ0v) is 14.8. The summed E-state index contributed by atoms with van der Waals surface area (Å²) in [5.74, 6) is 2.05. The van der Waals surface area contributed by atoms with Crippen LogP contribution in [0.3, 0.4) is 0 Å². The highest BCUT2D eigenvalue weighted by Crippen LogP contribution is 2.23. The molecule has 6 nitrogen and oxygen atoms in total. The number of aromatic nitrogens is 1. The van der Waals surface area contributed by atoms with Gasteiger partial charge in [0, 0.05) is 12.0 Å². The van der Waals surface area contributed by atoms with Gasteiger partial charge >= 0.3 is 0 Å². The summed E-state index contributed by atoms with van der Waals surface area (Å²) in [6.45, 7) is 1.79. The first-order valence-corrected chi connectivity index (χ1v) is 8.04. The van der Waals surface area contributed by atoms with E-state index in [2.05, 4.69) is 15.6 Å². The van der Waals surface area contributed by atoms with Crippen molar-refractivity contribution in [2.45, 2.75) is 12.8 Å². The van der Waals surface area contributed by atoms with Crippen LogP contribution in [0.4, 0.5) is 5.69 Å². The van der Waals surface area contributed by atoms with Crippen molar-refractivity contribution >= 4 is 24.0 Å². The van der Waals surface area contributed by atoms with Gasteiger partial charge in [-0.25, -0.2) is 4.98 Å². The topological polar surface area (TPSA) is 72.5 Å². The first-order valence-electron chi connectivity index (χ1n) is 8.04. The Bertz CT molecular complexity index is 671. The second-order valence-corrected chi connectivity index (χ2v) is 5.68. The molecule has 0 spiro atoms. The number of amides is 1. The minimum Gasteiger partial charge on any atom is -0.497 e. The van der Waals surface area contributed by atoms with Crippen LogP contribution in [-0.2, 0) is 4.79 Å². The van der Waals surface area contributed by atoms with Crippen molar-refractivity contribution in [1.82, 2.24) is 10.3 Å². The summed E-state index contributed by atoms with van der Waals surface area (Å²) in [7, 11) is 1.62. The lowest BCUT2D eigenvalue weighted by Crippen LogP contribution is -2.34. The molecule has 2 heterocycles. The lowest BCUT2D eigenvalue weighted by Gasteiger charge is -2.21. The van der Waals surface area contributed by atoms with Gasteiger partial charge in [0.05, 0.1) is 19.0 Å². The fourth-order valence-corrected chi connectivity index (χ4v) is 2.61. The van der Waals surface area contributed by atoms with E-state index in [4.69, 9.17) is 9.47 Å². The monoisotopic (exact) mass is 363 g/mol. The molecule has 7 heteroatoms. The molecule has 1 saturated heterocycles. The summed E-state index contributed by atoms with van der Waals surface area (Å²) in [4.78, 5) is 16.4. The molecule has 0 saturated carbocycles. The second kappa shape index (κ2) is 9.25. The lowest BCUT2D eigenvalue weighted by atomic mass is 9.97. The average Bonchev–Trinajstić information content (AvgIpc) is 2.65. The molecule has 1 fully saturated rings. The number of methoxy groups -OCH3 is 1. The third-order valence-electron chi connectivity index (χ3n) is 4.00. The molecule has 1 aromatic heterocycles. The highest BCUT2D eigenvalue weighted by molar-refractivity contribution is 5.92. The summed E-state index contributed by atoms with van der Waals surface area (Å²) in [6.07, 6.45) is 3.35. The van der Waals surface area contributed by atoms with Crippen LogP contribution in [0.15, 0.2) is 42.6 Å². The first-order chi connectivity index (χ1) is 11.7. The van der Waals surface area contributed by atoms with E-state index >= 15 is 0 Å². The van der Waals surface area contributed by atoms with Gasteiger partial charge in [-0.2, -0.15) is 0 Å². The number of hydrogen-bond donors (Lipinski definition) is 2. The predicted octanol–water partition coefficient (Wildman–Crippen LogP) is 3.24. The van der Waals surface area contributed by atoms with E-state index in [9.17, 15) is 4.79 Å². The fraction of sp³-hybridized carbons (Fsp3) is 0.333. The Balaban J connectivity index is 0.00000225. The van der Waals surface area contributed by atoms with E-state index in [0.717, 1.165) is 31.7 Å². The maximum absolute atomic E-state index is 12.2. The number of carbonyl (C=O) groups is 1. The van der Waals surface area contributed by atoms with Gasteiger partial charge in [0.15, 0.2) is 0 Å². The Hall–Kier alpha value is -2.31. The SMILES string of the molecule is COc1ccc(Oc2ccc(NC(=O)C3CCNCC3)cn2)cc1.Cl.